The van der Waals surface area contributed by atoms with Crippen molar-refractivity contribution < 1.29 is 14.5 Å². The van der Waals surface area contributed by atoms with E-state index in [-0.39, 0.29) is 23.1 Å². The number of carbonyl (C=O) groups is 1. The first-order valence-electron chi connectivity index (χ1n) is 7.57. The summed E-state index contributed by atoms with van der Waals surface area (Å²) in [4.78, 5) is 28.5. The van der Waals surface area contributed by atoms with E-state index >= 15 is 0 Å². The van der Waals surface area contributed by atoms with Gasteiger partial charge < -0.3 is 9.64 Å². The highest BCUT2D eigenvalue weighted by Crippen LogP contribution is 2.31. The van der Waals surface area contributed by atoms with Crippen molar-refractivity contribution in [2.24, 2.45) is 0 Å². The van der Waals surface area contributed by atoms with Crippen molar-refractivity contribution >= 4 is 17.5 Å². The lowest BCUT2D eigenvalue weighted by atomic mass is 10.1. The smallest absolute Gasteiger partial charge is 0.339 e. The molecule has 126 valence electrons. The number of carbonyl (C=O) groups excluding carboxylic acids is 1. The van der Waals surface area contributed by atoms with Crippen LogP contribution in [0.3, 0.4) is 0 Å². The molecule has 24 heavy (non-hydrogen) atoms. The number of nitro groups is 1. The summed E-state index contributed by atoms with van der Waals surface area (Å²) in [5, 5.41) is 15.7. The van der Waals surface area contributed by atoms with Gasteiger partial charge in [0.2, 0.25) is 5.82 Å². The van der Waals surface area contributed by atoms with Gasteiger partial charge in [-0.15, -0.1) is 0 Å². The fraction of sp³-hybridized carbons (Fsp3) is 0.400. The van der Waals surface area contributed by atoms with Gasteiger partial charge in [0.1, 0.15) is 0 Å². The summed E-state index contributed by atoms with van der Waals surface area (Å²) in [6, 6.07) is 3.20. The predicted octanol–water partition coefficient (Wildman–Crippen LogP) is 1.81. The molecule has 1 aliphatic rings. The minimum absolute atomic E-state index is 0.0635. The highest BCUT2D eigenvalue weighted by molar-refractivity contribution is 5.90. The molecule has 0 saturated carbocycles. The number of esters is 1. The fourth-order valence-electron chi connectivity index (χ4n) is 2.91. The number of aromatic nitrogens is 3. The molecule has 1 atom stereocenters. The summed E-state index contributed by atoms with van der Waals surface area (Å²) in [6.07, 6.45) is 6.74. The minimum atomic E-state index is -0.648. The summed E-state index contributed by atoms with van der Waals surface area (Å²) in [5.74, 6) is -0.380. The lowest BCUT2D eigenvalue weighted by Crippen LogP contribution is -2.37. The van der Waals surface area contributed by atoms with Gasteiger partial charge in [-0.3, -0.25) is 14.8 Å². The molecular formula is C15H17N5O4. The molecule has 0 amide bonds. The average molecular weight is 331 g/mol. The summed E-state index contributed by atoms with van der Waals surface area (Å²) in [7, 11) is 1.22. The van der Waals surface area contributed by atoms with E-state index in [4.69, 9.17) is 0 Å². The highest BCUT2D eigenvalue weighted by Gasteiger charge is 2.29. The van der Waals surface area contributed by atoms with Crippen LogP contribution in [-0.2, 0) is 4.74 Å². The predicted molar refractivity (Wildman–Crippen MR) is 84.9 cm³/mol. The standard InChI is InChI=1S/C15H17N5O4/c1-24-15(21)11-8-13(20(22)23)14(16-9-11)18-6-2-4-12(10-18)19-7-3-5-17-19/h3,5,7-9,12H,2,4,6,10H2,1H3. The first-order chi connectivity index (χ1) is 11.6. The van der Waals surface area contributed by atoms with E-state index < -0.39 is 10.9 Å². The molecule has 0 bridgehead atoms. The van der Waals surface area contributed by atoms with Crippen molar-refractivity contribution in [3.63, 3.8) is 0 Å². The van der Waals surface area contributed by atoms with E-state index in [1.807, 2.05) is 21.8 Å². The third-order valence-electron chi connectivity index (χ3n) is 4.06. The first-order valence-corrected chi connectivity index (χ1v) is 7.57. The van der Waals surface area contributed by atoms with Crippen molar-refractivity contribution in [2.75, 3.05) is 25.1 Å². The monoisotopic (exact) mass is 331 g/mol. The van der Waals surface area contributed by atoms with E-state index in [0.29, 0.717) is 13.1 Å². The van der Waals surface area contributed by atoms with E-state index in [1.54, 1.807) is 6.20 Å². The summed E-state index contributed by atoms with van der Waals surface area (Å²) in [5.41, 5.74) is -0.132. The lowest BCUT2D eigenvalue weighted by molar-refractivity contribution is -0.384. The van der Waals surface area contributed by atoms with Crippen molar-refractivity contribution in [1.82, 2.24) is 14.8 Å². The Morgan fingerprint density at radius 1 is 1.50 bits per heavy atom. The van der Waals surface area contributed by atoms with E-state index in [0.717, 1.165) is 12.8 Å². The van der Waals surface area contributed by atoms with Crippen molar-refractivity contribution in [1.29, 1.82) is 0 Å². The molecule has 0 spiro atoms. The molecule has 0 radical (unpaired) electrons. The van der Waals surface area contributed by atoms with Crippen LogP contribution in [0.15, 0.2) is 30.7 Å². The largest absolute Gasteiger partial charge is 0.465 e. The number of nitrogens with zero attached hydrogens (tertiary/aromatic N) is 5. The molecule has 3 heterocycles. The zero-order valence-corrected chi connectivity index (χ0v) is 13.2. The molecule has 0 aromatic carbocycles. The topological polar surface area (TPSA) is 103 Å². The van der Waals surface area contributed by atoms with Crippen LogP contribution >= 0.6 is 0 Å². The number of rotatable bonds is 4. The van der Waals surface area contributed by atoms with Crippen LogP contribution in [0.2, 0.25) is 0 Å². The molecule has 9 nitrogen and oxygen atoms in total. The van der Waals surface area contributed by atoms with Gasteiger partial charge in [-0.2, -0.15) is 5.10 Å². The van der Waals surface area contributed by atoms with Gasteiger partial charge in [0.15, 0.2) is 0 Å². The van der Waals surface area contributed by atoms with Crippen LogP contribution in [0.4, 0.5) is 11.5 Å². The Kier molecular flexibility index (Phi) is 4.41. The Morgan fingerprint density at radius 3 is 3.00 bits per heavy atom. The first kappa shape index (κ1) is 15.9. The number of anilines is 1. The average Bonchev–Trinajstić information content (AvgIpc) is 3.15. The van der Waals surface area contributed by atoms with E-state index in [2.05, 4.69) is 14.8 Å². The van der Waals surface area contributed by atoms with Gasteiger partial charge in [0.05, 0.1) is 23.6 Å². The van der Waals surface area contributed by atoms with E-state index in [1.165, 1.54) is 19.4 Å². The maximum absolute atomic E-state index is 11.6. The molecule has 9 heteroatoms. The second kappa shape index (κ2) is 6.65. The number of pyridine rings is 1. The molecule has 2 aromatic rings. The van der Waals surface area contributed by atoms with Crippen LogP contribution in [0.25, 0.3) is 0 Å². The quantitative estimate of drug-likeness (QED) is 0.478. The summed E-state index contributed by atoms with van der Waals surface area (Å²) >= 11 is 0. The van der Waals surface area contributed by atoms with Crippen LogP contribution < -0.4 is 4.90 Å². The third-order valence-corrected chi connectivity index (χ3v) is 4.06. The zero-order chi connectivity index (χ0) is 17.1. The molecule has 1 unspecified atom stereocenters. The maximum atomic E-state index is 11.6. The van der Waals surface area contributed by atoms with Crippen molar-refractivity contribution in [3.8, 4) is 0 Å². The van der Waals surface area contributed by atoms with E-state index in [9.17, 15) is 14.9 Å². The molecule has 1 aliphatic heterocycles. The molecular weight excluding hydrogens is 314 g/mol. The second-order valence-corrected chi connectivity index (χ2v) is 5.54. The number of piperidine rings is 1. The summed E-state index contributed by atoms with van der Waals surface area (Å²) in [6.45, 7) is 1.25. The van der Waals surface area contributed by atoms with Gasteiger partial charge >= 0.3 is 11.7 Å². The Morgan fingerprint density at radius 2 is 2.33 bits per heavy atom. The van der Waals surface area contributed by atoms with Crippen LogP contribution in [-0.4, -0.2) is 45.9 Å². The van der Waals surface area contributed by atoms with Crippen molar-refractivity contribution in [2.45, 2.75) is 18.9 Å². The Bertz CT molecular complexity index is 746. The van der Waals surface area contributed by atoms with Gasteiger partial charge in [-0.25, -0.2) is 9.78 Å². The number of hydrogen-bond acceptors (Lipinski definition) is 7. The van der Waals surface area contributed by atoms with Gasteiger partial charge in [0.25, 0.3) is 0 Å². The Balaban J connectivity index is 1.90. The molecule has 2 aromatic heterocycles. The Labute approximate surface area is 138 Å². The van der Waals surface area contributed by atoms with Gasteiger partial charge in [-0.05, 0) is 18.9 Å². The minimum Gasteiger partial charge on any atom is -0.465 e. The number of methoxy groups -OCH3 is 1. The lowest BCUT2D eigenvalue weighted by Gasteiger charge is -2.33. The van der Waals surface area contributed by atoms with Crippen LogP contribution in [0.5, 0.6) is 0 Å². The maximum Gasteiger partial charge on any atom is 0.339 e. The molecule has 3 rings (SSSR count). The van der Waals surface area contributed by atoms with Gasteiger partial charge in [0, 0.05) is 37.7 Å². The third kappa shape index (κ3) is 3.05. The van der Waals surface area contributed by atoms with Crippen LogP contribution in [0, 0.1) is 10.1 Å². The normalized spacial score (nSPS) is 17.5. The molecule has 0 aliphatic carbocycles. The molecule has 1 saturated heterocycles. The SMILES string of the molecule is COC(=O)c1cnc(N2CCCC(n3cccn3)C2)c([N+](=O)[O-])c1. The summed E-state index contributed by atoms with van der Waals surface area (Å²) < 4.78 is 6.46. The molecule has 1 fully saturated rings. The second-order valence-electron chi connectivity index (χ2n) is 5.54. The molecule has 0 N–H and O–H groups in total. The van der Waals surface area contributed by atoms with Crippen LogP contribution in [0.1, 0.15) is 29.2 Å². The fourth-order valence-corrected chi connectivity index (χ4v) is 2.91. The highest BCUT2D eigenvalue weighted by atomic mass is 16.6. The zero-order valence-electron chi connectivity index (χ0n) is 13.2. The Hall–Kier alpha value is -2.97. The van der Waals surface area contributed by atoms with Crippen molar-refractivity contribution in [3.05, 3.63) is 46.4 Å². The van der Waals surface area contributed by atoms with Gasteiger partial charge in [-0.1, -0.05) is 0 Å². The number of ether oxygens (including phenoxy) is 1. The number of hydrogen-bond donors (Lipinski definition) is 0.